The predicted octanol–water partition coefficient (Wildman–Crippen LogP) is 1.50. The molecule has 1 aromatic heterocycles. The molecule has 2 rings (SSSR count). The second-order valence-corrected chi connectivity index (χ2v) is 7.32. The molecule has 0 saturated carbocycles. The lowest BCUT2D eigenvalue weighted by molar-refractivity contribution is -0.135. The van der Waals surface area contributed by atoms with Crippen LogP contribution >= 0.6 is 0 Å². The number of aromatic nitrogens is 1. The summed E-state index contributed by atoms with van der Waals surface area (Å²) in [5, 5.41) is 12.3. The summed E-state index contributed by atoms with van der Waals surface area (Å²) in [6, 6.07) is 2.93. The number of carbonyl (C=O) groups excluding carboxylic acids is 2. The van der Waals surface area contributed by atoms with Gasteiger partial charge in [-0.1, -0.05) is 6.07 Å². The van der Waals surface area contributed by atoms with Gasteiger partial charge in [0.25, 0.3) is 0 Å². The average molecular weight is 349 g/mol. The molecule has 1 atom stereocenters. The van der Waals surface area contributed by atoms with Crippen LogP contribution in [0.1, 0.15) is 39.2 Å². The van der Waals surface area contributed by atoms with Gasteiger partial charge in [-0.05, 0) is 45.2 Å². The summed E-state index contributed by atoms with van der Waals surface area (Å²) < 4.78 is 5.28. The van der Waals surface area contributed by atoms with E-state index in [1.165, 1.54) is 0 Å². The molecule has 1 aliphatic rings. The zero-order valence-corrected chi connectivity index (χ0v) is 15.1. The van der Waals surface area contributed by atoms with Gasteiger partial charge in [-0.3, -0.25) is 9.78 Å². The Morgan fingerprint density at radius 1 is 1.40 bits per heavy atom. The van der Waals surface area contributed by atoms with Gasteiger partial charge in [0.15, 0.2) is 0 Å². The number of hydrogen-bond acceptors (Lipinski definition) is 5. The molecule has 2 N–H and O–H groups in total. The highest BCUT2D eigenvalue weighted by Gasteiger charge is 2.30. The number of ether oxygens (including phenoxy) is 1. The van der Waals surface area contributed by atoms with E-state index in [4.69, 9.17) is 4.74 Å². The number of nitrogens with one attached hydrogen (secondary N) is 1. The molecule has 7 nitrogen and oxygen atoms in total. The van der Waals surface area contributed by atoms with Gasteiger partial charge in [0.2, 0.25) is 5.91 Å². The van der Waals surface area contributed by atoms with E-state index in [1.807, 2.05) is 6.07 Å². The number of amides is 2. The van der Waals surface area contributed by atoms with Crippen LogP contribution in [0.2, 0.25) is 0 Å². The molecular weight excluding hydrogens is 322 g/mol. The number of piperidine rings is 1. The molecule has 2 amide bonds. The summed E-state index contributed by atoms with van der Waals surface area (Å²) in [7, 11) is 0. The maximum Gasteiger partial charge on any atom is 0.408 e. The minimum absolute atomic E-state index is 0.165. The van der Waals surface area contributed by atoms with Gasteiger partial charge >= 0.3 is 6.09 Å². The molecule has 0 aliphatic carbocycles. The van der Waals surface area contributed by atoms with Crippen LogP contribution in [-0.4, -0.2) is 57.8 Å². The van der Waals surface area contributed by atoms with E-state index >= 15 is 0 Å². The maximum atomic E-state index is 12.9. The van der Waals surface area contributed by atoms with E-state index in [9.17, 15) is 14.7 Å². The molecule has 2 heterocycles. The maximum absolute atomic E-state index is 12.9. The van der Waals surface area contributed by atoms with Crippen molar-refractivity contribution >= 4 is 12.0 Å². The van der Waals surface area contributed by atoms with E-state index in [1.54, 1.807) is 44.1 Å². The number of alkyl carbamates (subject to hydrolysis) is 1. The number of pyridine rings is 1. The Morgan fingerprint density at radius 2 is 2.08 bits per heavy atom. The molecule has 0 bridgehead atoms. The Balaban J connectivity index is 2.08. The molecule has 0 aromatic carbocycles. The minimum atomic E-state index is -0.728. The van der Waals surface area contributed by atoms with E-state index in [-0.39, 0.29) is 12.0 Å². The van der Waals surface area contributed by atoms with Gasteiger partial charge in [-0.15, -0.1) is 0 Å². The van der Waals surface area contributed by atoms with Gasteiger partial charge in [0.05, 0.1) is 6.10 Å². The van der Waals surface area contributed by atoms with Gasteiger partial charge in [-0.25, -0.2) is 4.79 Å². The third kappa shape index (κ3) is 6.34. The van der Waals surface area contributed by atoms with Crippen molar-refractivity contribution in [1.29, 1.82) is 0 Å². The van der Waals surface area contributed by atoms with Crippen LogP contribution in [0.25, 0.3) is 0 Å². The first kappa shape index (κ1) is 19.2. The fourth-order valence-electron chi connectivity index (χ4n) is 2.71. The second-order valence-electron chi connectivity index (χ2n) is 7.32. The molecule has 25 heavy (non-hydrogen) atoms. The lowest BCUT2D eigenvalue weighted by atomic mass is 10.0. The summed E-state index contributed by atoms with van der Waals surface area (Å²) >= 11 is 0. The van der Waals surface area contributed by atoms with Crippen molar-refractivity contribution in [3.05, 3.63) is 30.1 Å². The highest BCUT2D eigenvalue weighted by Crippen LogP contribution is 2.14. The number of carbonyl (C=O) groups is 2. The van der Waals surface area contributed by atoms with Gasteiger partial charge in [0, 0.05) is 31.9 Å². The Labute approximate surface area is 148 Å². The summed E-state index contributed by atoms with van der Waals surface area (Å²) in [6.07, 6.45) is 3.80. The molecule has 1 saturated heterocycles. The standard InChI is InChI=1S/C18H27N3O4/c1-18(2,3)25-17(24)20-15(11-13-5-4-8-19-12-13)16(23)21-9-6-14(22)7-10-21/h4-5,8,12,14-15,22H,6-7,9-11H2,1-3H3,(H,20,24)/t15-/m0/s1. The van der Waals surface area contributed by atoms with E-state index < -0.39 is 17.7 Å². The lowest BCUT2D eigenvalue weighted by Crippen LogP contribution is -2.52. The Morgan fingerprint density at radius 3 is 2.64 bits per heavy atom. The van der Waals surface area contributed by atoms with Gasteiger partial charge < -0.3 is 20.1 Å². The van der Waals surface area contributed by atoms with Crippen molar-refractivity contribution in [2.24, 2.45) is 0 Å². The quantitative estimate of drug-likeness (QED) is 0.859. The number of nitrogens with zero attached hydrogens (tertiary/aromatic N) is 2. The highest BCUT2D eigenvalue weighted by molar-refractivity contribution is 5.86. The van der Waals surface area contributed by atoms with Crippen LogP contribution in [0.3, 0.4) is 0 Å². The Hall–Kier alpha value is -2.15. The van der Waals surface area contributed by atoms with E-state index in [0.29, 0.717) is 32.4 Å². The predicted molar refractivity (Wildman–Crippen MR) is 92.9 cm³/mol. The van der Waals surface area contributed by atoms with Crippen molar-refractivity contribution in [2.45, 2.75) is 57.8 Å². The van der Waals surface area contributed by atoms with Crippen LogP contribution < -0.4 is 5.32 Å². The molecule has 1 aliphatic heterocycles. The number of rotatable bonds is 4. The first-order valence-corrected chi connectivity index (χ1v) is 8.60. The zero-order chi connectivity index (χ0) is 18.4. The molecule has 7 heteroatoms. The van der Waals surface area contributed by atoms with Gasteiger partial charge in [-0.2, -0.15) is 0 Å². The molecule has 0 unspecified atom stereocenters. The van der Waals surface area contributed by atoms with Crippen molar-refractivity contribution in [2.75, 3.05) is 13.1 Å². The van der Waals surface area contributed by atoms with Gasteiger partial charge in [0.1, 0.15) is 11.6 Å². The highest BCUT2D eigenvalue weighted by atomic mass is 16.6. The largest absolute Gasteiger partial charge is 0.444 e. The van der Waals surface area contributed by atoms with E-state index in [2.05, 4.69) is 10.3 Å². The summed E-state index contributed by atoms with van der Waals surface area (Å²) in [6.45, 7) is 6.29. The molecule has 1 aromatic rings. The van der Waals surface area contributed by atoms with Crippen molar-refractivity contribution in [1.82, 2.24) is 15.2 Å². The molecule has 1 fully saturated rings. The first-order chi connectivity index (χ1) is 11.7. The number of aliphatic hydroxyl groups is 1. The van der Waals surface area contributed by atoms with Crippen molar-refractivity contribution in [3.63, 3.8) is 0 Å². The SMILES string of the molecule is CC(C)(C)OC(=O)N[C@@H](Cc1cccnc1)C(=O)N1CCC(O)CC1. The number of likely N-dealkylation sites (tertiary alicyclic amines) is 1. The molecular formula is C18H27N3O4. The first-order valence-electron chi connectivity index (χ1n) is 8.60. The third-order valence-corrected chi connectivity index (χ3v) is 3.93. The topological polar surface area (TPSA) is 91.8 Å². The van der Waals surface area contributed by atoms with Crippen LogP contribution in [0.5, 0.6) is 0 Å². The minimum Gasteiger partial charge on any atom is -0.444 e. The Bertz CT molecular complexity index is 578. The summed E-state index contributed by atoms with van der Waals surface area (Å²) in [4.78, 5) is 30.7. The van der Waals surface area contributed by atoms with E-state index in [0.717, 1.165) is 5.56 Å². The molecule has 0 spiro atoms. The number of hydrogen-bond donors (Lipinski definition) is 2. The van der Waals surface area contributed by atoms with Crippen molar-refractivity contribution in [3.8, 4) is 0 Å². The fraction of sp³-hybridized carbons (Fsp3) is 0.611. The van der Waals surface area contributed by atoms with Crippen LogP contribution in [0, 0.1) is 0 Å². The fourth-order valence-corrected chi connectivity index (χ4v) is 2.71. The van der Waals surface area contributed by atoms with Crippen LogP contribution in [0.4, 0.5) is 4.79 Å². The Kier molecular flexibility index (Phi) is 6.36. The average Bonchev–Trinajstić information content (AvgIpc) is 2.53. The third-order valence-electron chi connectivity index (χ3n) is 3.93. The van der Waals surface area contributed by atoms with Crippen LogP contribution in [0.15, 0.2) is 24.5 Å². The number of aliphatic hydroxyl groups excluding tert-OH is 1. The van der Waals surface area contributed by atoms with Crippen LogP contribution in [-0.2, 0) is 16.0 Å². The molecule has 138 valence electrons. The second kappa shape index (κ2) is 8.29. The monoisotopic (exact) mass is 349 g/mol. The smallest absolute Gasteiger partial charge is 0.408 e. The summed E-state index contributed by atoms with van der Waals surface area (Å²) in [5.74, 6) is -0.165. The summed E-state index contributed by atoms with van der Waals surface area (Å²) in [5.41, 5.74) is 0.218. The zero-order valence-electron chi connectivity index (χ0n) is 15.1. The van der Waals surface area contributed by atoms with Crippen molar-refractivity contribution < 1.29 is 19.4 Å². The molecule has 0 radical (unpaired) electrons. The lowest BCUT2D eigenvalue weighted by Gasteiger charge is -2.33. The normalized spacial score (nSPS) is 17.0.